The van der Waals surface area contributed by atoms with Crippen molar-refractivity contribution in [3.8, 4) is 0 Å². The van der Waals surface area contributed by atoms with Crippen LogP contribution in [-0.4, -0.2) is 31.7 Å². The molecule has 1 rings (SSSR count). The number of carbonyl (C=O) groups is 2. The van der Waals surface area contributed by atoms with E-state index in [0.29, 0.717) is 16.0 Å². The van der Waals surface area contributed by atoms with Crippen molar-refractivity contribution in [3.63, 3.8) is 0 Å². The van der Waals surface area contributed by atoms with E-state index < -0.39 is 5.97 Å². The Morgan fingerprint density at radius 2 is 2.12 bits per heavy atom. The number of thioether (sulfide) groups is 1. The van der Waals surface area contributed by atoms with Crippen molar-refractivity contribution >= 4 is 34.9 Å². The number of carbonyl (C=O) groups excluding carboxylic acids is 2. The lowest BCUT2D eigenvalue weighted by Crippen LogP contribution is -2.15. The molecule has 0 saturated carbocycles. The van der Waals surface area contributed by atoms with Gasteiger partial charge in [-0.3, -0.25) is 4.79 Å². The Kier molecular flexibility index (Phi) is 4.52. The third kappa shape index (κ3) is 2.28. The second kappa shape index (κ2) is 5.47. The van der Waals surface area contributed by atoms with Gasteiger partial charge in [-0.2, -0.15) is 0 Å². The van der Waals surface area contributed by atoms with Crippen LogP contribution in [0.15, 0.2) is 4.21 Å². The molecule has 0 unspecified atom stereocenters. The van der Waals surface area contributed by atoms with Gasteiger partial charge in [0, 0.05) is 5.56 Å². The Bertz CT molecular complexity index is 426. The number of ether oxygens (including phenoxy) is 1. The summed E-state index contributed by atoms with van der Waals surface area (Å²) in [5, 5.41) is 0. The van der Waals surface area contributed by atoms with Gasteiger partial charge in [0.05, 0.1) is 17.9 Å². The standard InChI is InChI=1S/C10H13NO3S2/c1-5-7(6(12)4-11)10(15-3)16-8(5)9(13)14-2/h4,11H2,1-3H3. The van der Waals surface area contributed by atoms with Crippen LogP contribution in [0.5, 0.6) is 0 Å². The number of hydrogen-bond donors (Lipinski definition) is 1. The molecule has 0 aliphatic heterocycles. The Hall–Kier alpha value is -0.850. The summed E-state index contributed by atoms with van der Waals surface area (Å²) in [5.41, 5.74) is 6.56. The summed E-state index contributed by atoms with van der Waals surface area (Å²) < 4.78 is 5.48. The maximum absolute atomic E-state index is 11.7. The fourth-order valence-electron chi connectivity index (χ4n) is 1.34. The zero-order chi connectivity index (χ0) is 12.3. The summed E-state index contributed by atoms with van der Waals surface area (Å²) in [6.07, 6.45) is 1.86. The van der Waals surface area contributed by atoms with E-state index in [0.717, 1.165) is 4.21 Å². The Morgan fingerprint density at radius 1 is 1.50 bits per heavy atom. The van der Waals surface area contributed by atoms with Gasteiger partial charge in [-0.05, 0) is 18.7 Å². The van der Waals surface area contributed by atoms with Crippen molar-refractivity contribution in [1.29, 1.82) is 0 Å². The quantitative estimate of drug-likeness (QED) is 0.506. The number of methoxy groups -OCH3 is 1. The number of rotatable bonds is 4. The zero-order valence-corrected chi connectivity index (χ0v) is 11.0. The van der Waals surface area contributed by atoms with Crippen molar-refractivity contribution < 1.29 is 14.3 Å². The Labute approximate surface area is 102 Å². The number of nitrogens with two attached hydrogens (primary N) is 1. The molecule has 1 aromatic heterocycles. The summed E-state index contributed by atoms with van der Waals surface area (Å²) in [5.74, 6) is -0.554. The smallest absolute Gasteiger partial charge is 0.348 e. The van der Waals surface area contributed by atoms with Crippen molar-refractivity contribution in [2.45, 2.75) is 11.1 Å². The molecule has 0 aliphatic rings. The molecule has 2 N–H and O–H groups in total. The summed E-state index contributed by atoms with van der Waals surface area (Å²) in [6, 6.07) is 0. The molecule has 1 aromatic rings. The zero-order valence-electron chi connectivity index (χ0n) is 9.33. The molecule has 88 valence electrons. The highest BCUT2D eigenvalue weighted by Crippen LogP contribution is 2.35. The van der Waals surface area contributed by atoms with E-state index in [1.165, 1.54) is 30.2 Å². The fraction of sp³-hybridized carbons (Fsp3) is 0.400. The van der Waals surface area contributed by atoms with E-state index >= 15 is 0 Å². The van der Waals surface area contributed by atoms with Crippen LogP contribution < -0.4 is 5.73 Å². The number of thiophene rings is 1. The molecule has 0 fully saturated rings. The van der Waals surface area contributed by atoms with Crippen LogP contribution in [0, 0.1) is 6.92 Å². The summed E-state index contributed by atoms with van der Waals surface area (Å²) in [7, 11) is 1.32. The van der Waals surface area contributed by atoms with Crippen molar-refractivity contribution in [2.75, 3.05) is 19.9 Å². The predicted octanol–water partition coefficient (Wildman–Crippen LogP) is 1.71. The summed E-state index contributed by atoms with van der Waals surface area (Å²) >= 11 is 2.71. The minimum absolute atomic E-state index is 0.0499. The molecule has 1 heterocycles. The first-order valence-corrected chi connectivity index (χ1v) is 6.59. The molecular weight excluding hydrogens is 246 g/mol. The van der Waals surface area contributed by atoms with E-state index in [-0.39, 0.29) is 12.3 Å². The molecule has 0 amide bonds. The van der Waals surface area contributed by atoms with Crippen LogP contribution in [0.1, 0.15) is 25.6 Å². The van der Waals surface area contributed by atoms with Gasteiger partial charge < -0.3 is 10.5 Å². The molecule has 0 aromatic carbocycles. The second-order valence-electron chi connectivity index (χ2n) is 3.04. The van der Waals surface area contributed by atoms with Gasteiger partial charge >= 0.3 is 5.97 Å². The molecule has 4 nitrogen and oxygen atoms in total. The highest BCUT2D eigenvalue weighted by atomic mass is 32.2. The van der Waals surface area contributed by atoms with E-state index in [2.05, 4.69) is 4.74 Å². The summed E-state index contributed by atoms with van der Waals surface area (Å²) in [6.45, 7) is 1.69. The molecule has 0 spiro atoms. The van der Waals surface area contributed by atoms with Crippen LogP contribution in [0.3, 0.4) is 0 Å². The number of Topliss-reactive ketones (excluding diaryl/α,β-unsaturated/α-hetero) is 1. The van der Waals surface area contributed by atoms with Gasteiger partial charge in [-0.1, -0.05) is 0 Å². The molecule has 0 atom stereocenters. The van der Waals surface area contributed by atoms with Crippen LogP contribution in [0.25, 0.3) is 0 Å². The third-order valence-corrected chi connectivity index (χ3v) is 4.53. The maximum atomic E-state index is 11.7. The van der Waals surface area contributed by atoms with Gasteiger partial charge in [0.1, 0.15) is 4.88 Å². The van der Waals surface area contributed by atoms with Crippen molar-refractivity contribution in [2.24, 2.45) is 5.73 Å². The molecular formula is C10H13NO3S2. The Morgan fingerprint density at radius 3 is 2.56 bits per heavy atom. The number of hydrogen-bond acceptors (Lipinski definition) is 6. The van der Waals surface area contributed by atoms with Gasteiger partial charge in [-0.25, -0.2) is 4.79 Å². The third-order valence-electron chi connectivity index (χ3n) is 2.13. The highest BCUT2D eigenvalue weighted by Gasteiger charge is 2.23. The SMILES string of the molecule is COC(=O)c1sc(SC)c(C(=O)CN)c1C. The van der Waals surface area contributed by atoms with Gasteiger partial charge in [0.2, 0.25) is 0 Å². The Balaban J connectivity index is 3.32. The molecule has 0 bridgehead atoms. The fourth-order valence-corrected chi connectivity index (χ4v) is 3.37. The predicted molar refractivity (Wildman–Crippen MR) is 65.6 cm³/mol. The first kappa shape index (κ1) is 13.2. The average Bonchev–Trinajstić information content (AvgIpc) is 2.64. The molecule has 0 saturated heterocycles. The van der Waals surface area contributed by atoms with Gasteiger partial charge in [0.15, 0.2) is 5.78 Å². The van der Waals surface area contributed by atoms with Gasteiger partial charge in [-0.15, -0.1) is 23.1 Å². The minimum Gasteiger partial charge on any atom is -0.465 e. The number of ketones is 1. The van der Waals surface area contributed by atoms with Gasteiger partial charge in [0.25, 0.3) is 0 Å². The average molecular weight is 259 g/mol. The van der Waals surface area contributed by atoms with E-state index in [9.17, 15) is 9.59 Å². The van der Waals surface area contributed by atoms with E-state index in [1.807, 2.05) is 6.26 Å². The lowest BCUT2D eigenvalue weighted by molar-refractivity contribution is 0.0605. The van der Waals surface area contributed by atoms with Crippen molar-refractivity contribution in [3.05, 3.63) is 16.0 Å². The first-order chi connectivity index (χ1) is 7.56. The molecule has 16 heavy (non-hydrogen) atoms. The van der Waals surface area contributed by atoms with E-state index in [1.54, 1.807) is 6.92 Å². The lowest BCUT2D eigenvalue weighted by atomic mass is 10.1. The highest BCUT2D eigenvalue weighted by molar-refractivity contribution is 8.00. The normalized spacial score (nSPS) is 10.2. The first-order valence-electron chi connectivity index (χ1n) is 4.55. The summed E-state index contributed by atoms with van der Waals surface area (Å²) in [4.78, 5) is 23.6. The molecule has 0 aliphatic carbocycles. The molecule has 0 radical (unpaired) electrons. The topological polar surface area (TPSA) is 69.4 Å². The monoisotopic (exact) mass is 259 g/mol. The largest absolute Gasteiger partial charge is 0.465 e. The van der Waals surface area contributed by atoms with Crippen LogP contribution >= 0.6 is 23.1 Å². The van der Waals surface area contributed by atoms with Crippen LogP contribution in [0.2, 0.25) is 0 Å². The van der Waals surface area contributed by atoms with E-state index in [4.69, 9.17) is 5.73 Å². The second-order valence-corrected chi connectivity index (χ2v) is 5.14. The van der Waals surface area contributed by atoms with Crippen LogP contribution in [-0.2, 0) is 4.74 Å². The van der Waals surface area contributed by atoms with Crippen molar-refractivity contribution in [1.82, 2.24) is 0 Å². The lowest BCUT2D eigenvalue weighted by Gasteiger charge is -2.00. The molecule has 6 heteroatoms. The minimum atomic E-state index is -0.408. The maximum Gasteiger partial charge on any atom is 0.348 e. The number of esters is 1. The van der Waals surface area contributed by atoms with Crippen LogP contribution in [0.4, 0.5) is 0 Å².